The molecule has 0 radical (unpaired) electrons. The molecular weight excluding hydrogens is 312 g/mol. The summed E-state index contributed by atoms with van der Waals surface area (Å²) in [5.74, 6) is 0. The van der Waals surface area contributed by atoms with E-state index < -0.39 is 0 Å². The van der Waals surface area contributed by atoms with Gasteiger partial charge in [0.1, 0.15) is 0 Å². The van der Waals surface area contributed by atoms with Crippen LogP contribution in [0.15, 0.2) is 18.3 Å². The van der Waals surface area contributed by atoms with Crippen LogP contribution in [0.2, 0.25) is 0 Å². The van der Waals surface area contributed by atoms with E-state index in [0.29, 0.717) is 13.1 Å². The minimum atomic E-state index is -0.149. The van der Waals surface area contributed by atoms with Gasteiger partial charge in [-0.2, -0.15) is 5.10 Å². The van der Waals surface area contributed by atoms with Crippen LogP contribution in [-0.4, -0.2) is 27.5 Å². The summed E-state index contributed by atoms with van der Waals surface area (Å²) in [6.07, 6.45) is 4.70. The Bertz CT molecular complexity index is 679. The molecular formula is C16H22N4O2S. The molecule has 0 spiro atoms. The summed E-state index contributed by atoms with van der Waals surface area (Å²) in [4.78, 5) is 14.5. The van der Waals surface area contributed by atoms with E-state index in [1.54, 1.807) is 11.3 Å². The molecule has 0 aliphatic heterocycles. The minimum absolute atomic E-state index is 0.00346. The lowest BCUT2D eigenvalue weighted by Crippen LogP contribution is -2.38. The maximum Gasteiger partial charge on any atom is 0.315 e. The number of amides is 2. The molecule has 0 saturated heterocycles. The molecule has 0 bridgehead atoms. The van der Waals surface area contributed by atoms with Crippen molar-refractivity contribution in [2.75, 3.05) is 6.61 Å². The third-order valence-corrected chi connectivity index (χ3v) is 5.10. The smallest absolute Gasteiger partial charge is 0.315 e. The first-order valence-corrected chi connectivity index (χ1v) is 8.74. The van der Waals surface area contributed by atoms with Crippen LogP contribution in [0.3, 0.4) is 0 Å². The fourth-order valence-corrected chi connectivity index (χ4v) is 3.84. The fourth-order valence-electron chi connectivity index (χ4n) is 3.01. The molecule has 1 aliphatic carbocycles. The van der Waals surface area contributed by atoms with E-state index in [2.05, 4.69) is 28.7 Å². The number of aromatic nitrogens is 2. The van der Waals surface area contributed by atoms with Crippen LogP contribution in [0.25, 0.3) is 0 Å². The largest absolute Gasteiger partial charge is 0.394 e. The Morgan fingerprint density at radius 1 is 1.52 bits per heavy atom. The second-order valence-corrected chi connectivity index (χ2v) is 7.15. The Balaban J connectivity index is 1.59. The van der Waals surface area contributed by atoms with Crippen molar-refractivity contribution in [1.82, 2.24) is 20.4 Å². The number of thiophene rings is 1. The van der Waals surface area contributed by atoms with Crippen LogP contribution in [0.4, 0.5) is 4.79 Å². The van der Waals surface area contributed by atoms with E-state index in [4.69, 9.17) is 5.11 Å². The van der Waals surface area contributed by atoms with Gasteiger partial charge in [-0.25, -0.2) is 4.79 Å². The molecule has 0 unspecified atom stereocenters. The van der Waals surface area contributed by atoms with Gasteiger partial charge in [-0.3, -0.25) is 4.68 Å². The van der Waals surface area contributed by atoms with Crippen molar-refractivity contribution in [3.8, 4) is 0 Å². The maximum atomic E-state index is 12.1. The highest BCUT2D eigenvalue weighted by atomic mass is 32.1. The van der Waals surface area contributed by atoms with Gasteiger partial charge in [-0.15, -0.1) is 11.3 Å². The second-order valence-electron chi connectivity index (χ2n) is 5.78. The normalized spacial score (nSPS) is 16.9. The lowest BCUT2D eigenvalue weighted by Gasteiger charge is -2.24. The van der Waals surface area contributed by atoms with Crippen molar-refractivity contribution < 1.29 is 9.90 Å². The number of fused-ring (bicyclic) bond motifs is 1. The van der Waals surface area contributed by atoms with Crippen molar-refractivity contribution in [3.05, 3.63) is 39.3 Å². The summed E-state index contributed by atoms with van der Waals surface area (Å²) in [6.45, 7) is 3.19. The zero-order valence-corrected chi connectivity index (χ0v) is 14.0. The summed E-state index contributed by atoms with van der Waals surface area (Å²) in [7, 11) is 0. The summed E-state index contributed by atoms with van der Waals surface area (Å²) in [5.41, 5.74) is 2.20. The third-order valence-electron chi connectivity index (χ3n) is 4.10. The molecule has 124 valence electrons. The Labute approximate surface area is 139 Å². The van der Waals surface area contributed by atoms with E-state index in [0.717, 1.165) is 35.4 Å². The van der Waals surface area contributed by atoms with Gasteiger partial charge in [0.15, 0.2) is 0 Å². The third kappa shape index (κ3) is 3.73. The number of carbonyl (C=O) groups excluding carboxylic acids is 1. The monoisotopic (exact) mass is 334 g/mol. The first-order valence-electron chi connectivity index (χ1n) is 7.92. The van der Waals surface area contributed by atoms with Crippen LogP contribution in [0.5, 0.6) is 0 Å². The van der Waals surface area contributed by atoms with Crippen LogP contribution in [-0.2, 0) is 19.5 Å². The van der Waals surface area contributed by atoms with Crippen LogP contribution in [0.1, 0.15) is 39.9 Å². The van der Waals surface area contributed by atoms with E-state index in [-0.39, 0.29) is 18.7 Å². The van der Waals surface area contributed by atoms with E-state index in [9.17, 15) is 4.79 Å². The highest BCUT2D eigenvalue weighted by molar-refractivity contribution is 7.11. The highest BCUT2D eigenvalue weighted by Crippen LogP contribution is 2.29. The standard InChI is InChI=1S/C16H22N4O2S/c1-11-5-6-12(23-11)9-17-16(22)19-14-3-2-4-15-13(14)10-18-20(15)7-8-21/h5-6,10,14,21H,2-4,7-9H2,1H3,(H2,17,19,22)/t14-/m0/s1. The first kappa shape index (κ1) is 16.0. The van der Waals surface area contributed by atoms with Gasteiger partial charge in [0.25, 0.3) is 0 Å². The van der Waals surface area contributed by atoms with E-state index >= 15 is 0 Å². The molecule has 1 atom stereocenters. The molecule has 2 aromatic rings. The summed E-state index contributed by atoms with van der Waals surface area (Å²) in [6, 6.07) is 3.94. The average Bonchev–Trinajstić information content (AvgIpc) is 3.13. The average molecular weight is 334 g/mol. The number of urea groups is 1. The van der Waals surface area contributed by atoms with Crippen molar-refractivity contribution >= 4 is 17.4 Å². The number of hydrogen-bond acceptors (Lipinski definition) is 4. The van der Waals surface area contributed by atoms with Gasteiger partial charge in [-0.1, -0.05) is 0 Å². The molecule has 2 amide bonds. The molecule has 0 aromatic carbocycles. The van der Waals surface area contributed by atoms with Crippen molar-refractivity contribution in [2.24, 2.45) is 0 Å². The molecule has 2 aromatic heterocycles. The molecule has 23 heavy (non-hydrogen) atoms. The highest BCUT2D eigenvalue weighted by Gasteiger charge is 2.25. The molecule has 3 N–H and O–H groups in total. The van der Waals surface area contributed by atoms with Gasteiger partial charge in [0, 0.05) is 21.0 Å². The van der Waals surface area contributed by atoms with Crippen molar-refractivity contribution in [2.45, 2.75) is 45.3 Å². The molecule has 0 saturated carbocycles. The summed E-state index contributed by atoms with van der Waals surface area (Å²) >= 11 is 1.69. The lowest BCUT2D eigenvalue weighted by atomic mass is 9.93. The van der Waals surface area contributed by atoms with Crippen LogP contribution >= 0.6 is 11.3 Å². The molecule has 1 aliphatic rings. The fraction of sp³-hybridized carbons (Fsp3) is 0.500. The number of carbonyl (C=O) groups is 1. The number of aryl methyl sites for hydroxylation is 1. The summed E-state index contributed by atoms with van der Waals surface area (Å²) < 4.78 is 1.84. The number of nitrogens with one attached hydrogen (secondary N) is 2. The summed E-state index contributed by atoms with van der Waals surface area (Å²) in [5, 5.41) is 19.4. The van der Waals surface area contributed by atoms with Gasteiger partial charge >= 0.3 is 6.03 Å². The number of rotatable bonds is 5. The minimum Gasteiger partial charge on any atom is -0.394 e. The Kier molecular flexibility index (Phi) is 4.97. The molecule has 0 fully saturated rings. The van der Waals surface area contributed by atoms with Crippen molar-refractivity contribution in [1.29, 1.82) is 0 Å². The topological polar surface area (TPSA) is 79.2 Å². The number of hydrogen-bond donors (Lipinski definition) is 3. The lowest BCUT2D eigenvalue weighted by molar-refractivity contribution is 0.235. The predicted molar refractivity (Wildman–Crippen MR) is 89.4 cm³/mol. The predicted octanol–water partition coefficient (Wildman–Crippen LogP) is 2.12. The number of aliphatic hydroxyl groups is 1. The first-order chi connectivity index (χ1) is 11.2. The molecule has 3 rings (SSSR count). The molecule has 6 nitrogen and oxygen atoms in total. The number of aliphatic hydroxyl groups excluding tert-OH is 1. The zero-order chi connectivity index (χ0) is 16.2. The molecule has 7 heteroatoms. The van der Waals surface area contributed by atoms with Crippen molar-refractivity contribution in [3.63, 3.8) is 0 Å². The number of nitrogens with zero attached hydrogens (tertiary/aromatic N) is 2. The van der Waals surface area contributed by atoms with Gasteiger partial charge in [0.2, 0.25) is 0 Å². The maximum absolute atomic E-state index is 12.1. The molecule has 2 heterocycles. The second kappa shape index (κ2) is 7.14. The van der Waals surface area contributed by atoms with Crippen LogP contribution in [0, 0.1) is 6.92 Å². The SMILES string of the molecule is Cc1ccc(CNC(=O)N[C@H]2CCCc3c2cnn3CCO)s1. The Morgan fingerprint density at radius 2 is 2.39 bits per heavy atom. The van der Waals surface area contributed by atoms with Gasteiger partial charge < -0.3 is 15.7 Å². The van der Waals surface area contributed by atoms with Gasteiger partial charge in [-0.05, 0) is 38.3 Å². The van der Waals surface area contributed by atoms with E-state index in [1.807, 2.05) is 16.9 Å². The Morgan fingerprint density at radius 3 is 3.13 bits per heavy atom. The van der Waals surface area contributed by atoms with E-state index in [1.165, 1.54) is 4.88 Å². The van der Waals surface area contributed by atoms with Crippen LogP contribution < -0.4 is 10.6 Å². The Hall–Kier alpha value is -1.86. The quantitative estimate of drug-likeness (QED) is 0.784. The van der Waals surface area contributed by atoms with Gasteiger partial charge in [0.05, 0.1) is 31.9 Å². The zero-order valence-electron chi connectivity index (χ0n) is 13.2.